The minimum atomic E-state index is -1.03. The monoisotopic (exact) mass is 386 g/mol. The Labute approximate surface area is 164 Å². The molecule has 1 aromatic heterocycles. The second kappa shape index (κ2) is 9.16. The smallest absolute Gasteiger partial charge is 0.329 e. The molecule has 2 rings (SSSR count). The summed E-state index contributed by atoms with van der Waals surface area (Å²) in [6.45, 7) is 8.72. The van der Waals surface area contributed by atoms with E-state index >= 15 is 0 Å². The van der Waals surface area contributed by atoms with E-state index in [9.17, 15) is 14.4 Å². The first-order valence-electron chi connectivity index (χ1n) is 9.11. The number of nitrogens with one attached hydrogen (secondary N) is 2. The average Bonchev–Trinajstić information content (AvgIpc) is 3.09. The summed E-state index contributed by atoms with van der Waals surface area (Å²) in [5.74, 6) is -1.04. The number of esters is 1. The fourth-order valence-electron chi connectivity index (χ4n) is 2.51. The first kappa shape index (κ1) is 21.1. The zero-order valence-electron chi connectivity index (χ0n) is 16.7. The van der Waals surface area contributed by atoms with Crippen LogP contribution in [0.15, 0.2) is 36.5 Å². The van der Waals surface area contributed by atoms with Crippen LogP contribution >= 0.6 is 0 Å². The van der Waals surface area contributed by atoms with Gasteiger partial charge >= 0.3 is 5.97 Å². The van der Waals surface area contributed by atoms with Crippen LogP contribution in [-0.4, -0.2) is 39.7 Å². The summed E-state index contributed by atoms with van der Waals surface area (Å²) in [4.78, 5) is 36.8. The number of carbonyl (C=O) groups is 3. The molecule has 0 saturated heterocycles. The van der Waals surface area contributed by atoms with Crippen LogP contribution in [0.3, 0.4) is 0 Å². The molecule has 150 valence electrons. The first-order valence-corrected chi connectivity index (χ1v) is 9.11. The highest BCUT2D eigenvalue weighted by Crippen LogP contribution is 2.13. The Morgan fingerprint density at radius 1 is 1.11 bits per heavy atom. The van der Waals surface area contributed by atoms with E-state index in [2.05, 4.69) is 15.7 Å². The minimum Gasteiger partial charge on any atom is -0.451 e. The van der Waals surface area contributed by atoms with Gasteiger partial charge in [0.25, 0.3) is 11.8 Å². The molecule has 2 atom stereocenters. The summed E-state index contributed by atoms with van der Waals surface area (Å²) in [7, 11) is 0. The Bertz CT molecular complexity index is 859. The lowest BCUT2D eigenvalue weighted by Gasteiger charge is -2.18. The summed E-state index contributed by atoms with van der Waals surface area (Å²) < 4.78 is 6.84. The molecule has 0 fully saturated rings. The molecular formula is C20H26N4O4. The predicted octanol–water partition coefficient (Wildman–Crippen LogP) is 2.46. The third kappa shape index (κ3) is 5.42. The standard InChI is InChI=1S/C20H26N4O4/c1-12(2)24-17(9-10-21-24)23-18(25)15(5)28-20(27)14(4)22-19(26)16-8-6-7-13(3)11-16/h6-12,14-15H,1-5H3,(H,22,26)(H,23,25)/t14-,15-/m0/s1. The lowest BCUT2D eigenvalue weighted by Crippen LogP contribution is -2.42. The molecule has 2 amide bonds. The Kier molecular flexibility index (Phi) is 6.92. The van der Waals surface area contributed by atoms with Gasteiger partial charge in [0.2, 0.25) is 0 Å². The van der Waals surface area contributed by atoms with Gasteiger partial charge in [0.15, 0.2) is 6.10 Å². The van der Waals surface area contributed by atoms with Crippen molar-refractivity contribution in [3.63, 3.8) is 0 Å². The highest BCUT2D eigenvalue weighted by Gasteiger charge is 2.24. The zero-order chi connectivity index (χ0) is 20.8. The Balaban J connectivity index is 1.90. The molecule has 8 nitrogen and oxygen atoms in total. The summed E-state index contributed by atoms with van der Waals surface area (Å²) in [6, 6.07) is 7.86. The van der Waals surface area contributed by atoms with E-state index in [1.54, 1.807) is 35.1 Å². The fourth-order valence-corrected chi connectivity index (χ4v) is 2.51. The van der Waals surface area contributed by atoms with Crippen molar-refractivity contribution in [1.29, 1.82) is 0 Å². The molecule has 0 radical (unpaired) electrons. The number of rotatable bonds is 7. The first-order chi connectivity index (χ1) is 13.2. The SMILES string of the molecule is Cc1cccc(C(=O)N[C@@H](C)C(=O)O[C@@H](C)C(=O)Nc2ccnn2C(C)C)c1. The van der Waals surface area contributed by atoms with Crippen molar-refractivity contribution in [2.75, 3.05) is 5.32 Å². The molecule has 1 heterocycles. The van der Waals surface area contributed by atoms with Gasteiger partial charge in [0.1, 0.15) is 11.9 Å². The van der Waals surface area contributed by atoms with Crippen LogP contribution in [0.1, 0.15) is 49.7 Å². The molecule has 2 N–H and O–H groups in total. The lowest BCUT2D eigenvalue weighted by molar-refractivity contribution is -0.154. The molecule has 0 saturated carbocycles. The molecule has 0 aliphatic rings. The number of aryl methyl sites for hydroxylation is 1. The van der Waals surface area contributed by atoms with Gasteiger partial charge in [-0.15, -0.1) is 0 Å². The van der Waals surface area contributed by atoms with Crippen LogP contribution in [0.25, 0.3) is 0 Å². The number of carbonyl (C=O) groups excluding carboxylic acids is 3. The van der Waals surface area contributed by atoms with Gasteiger partial charge in [0, 0.05) is 17.7 Å². The third-order valence-electron chi connectivity index (χ3n) is 4.05. The Morgan fingerprint density at radius 3 is 2.46 bits per heavy atom. The molecule has 0 aliphatic carbocycles. The highest BCUT2D eigenvalue weighted by atomic mass is 16.5. The van der Waals surface area contributed by atoms with Crippen molar-refractivity contribution in [3.05, 3.63) is 47.7 Å². The summed E-state index contributed by atoms with van der Waals surface area (Å²) >= 11 is 0. The van der Waals surface area contributed by atoms with E-state index in [0.29, 0.717) is 11.4 Å². The number of benzene rings is 1. The second-order valence-electron chi connectivity index (χ2n) is 6.89. The lowest BCUT2D eigenvalue weighted by atomic mass is 10.1. The number of hydrogen-bond acceptors (Lipinski definition) is 5. The number of amides is 2. The van der Waals surface area contributed by atoms with Crippen LogP contribution in [0, 0.1) is 6.92 Å². The van der Waals surface area contributed by atoms with E-state index in [1.807, 2.05) is 26.8 Å². The molecule has 0 spiro atoms. The maximum absolute atomic E-state index is 12.3. The van der Waals surface area contributed by atoms with Gasteiger partial charge in [-0.05, 0) is 46.8 Å². The zero-order valence-corrected chi connectivity index (χ0v) is 16.7. The number of ether oxygens (including phenoxy) is 1. The molecule has 0 unspecified atom stereocenters. The Hall–Kier alpha value is -3.16. The van der Waals surface area contributed by atoms with Crippen LogP contribution in [0.2, 0.25) is 0 Å². The van der Waals surface area contributed by atoms with E-state index in [4.69, 9.17) is 4.74 Å². The van der Waals surface area contributed by atoms with Gasteiger partial charge in [0.05, 0.1) is 6.20 Å². The quantitative estimate of drug-likeness (QED) is 0.712. The molecule has 28 heavy (non-hydrogen) atoms. The maximum atomic E-state index is 12.3. The summed E-state index contributed by atoms with van der Waals surface area (Å²) in [6.07, 6.45) is 0.552. The predicted molar refractivity (Wildman–Crippen MR) is 105 cm³/mol. The fraction of sp³-hybridized carbons (Fsp3) is 0.400. The normalized spacial score (nSPS) is 12.9. The van der Waals surface area contributed by atoms with Crippen molar-refractivity contribution in [1.82, 2.24) is 15.1 Å². The number of anilines is 1. The van der Waals surface area contributed by atoms with Crippen molar-refractivity contribution in [3.8, 4) is 0 Å². The summed E-state index contributed by atoms with van der Waals surface area (Å²) in [5, 5.41) is 9.40. The van der Waals surface area contributed by atoms with Gasteiger partial charge in [-0.25, -0.2) is 9.48 Å². The number of aromatic nitrogens is 2. The second-order valence-corrected chi connectivity index (χ2v) is 6.89. The summed E-state index contributed by atoms with van der Waals surface area (Å²) in [5.41, 5.74) is 1.39. The number of hydrogen-bond donors (Lipinski definition) is 2. The molecule has 8 heteroatoms. The van der Waals surface area contributed by atoms with Crippen LogP contribution in [0.4, 0.5) is 5.82 Å². The van der Waals surface area contributed by atoms with Crippen LogP contribution in [0.5, 0.6) is 0 Å². The van der Waals surface area contributed by atoms with E-state index in [-0.39, 0.29) is 11.9 Å². The highest BCUT2D eigenvalue weighted by molar-refractivity contribution is 5.98. The minimum absolute atomic E-state index is 0.0695. The van der Waals surface area contributed by atoms with E-state index < -0.39 is 24.0 Å². The topological polar surface area (TPSA) is 102 Å². The van der Waals surface area contributed by atoms with Crippen molar-refractivity contribution in [2.45, 2.75) is 52.8 Å². The number of nitrogens with zero attached hydrogens (tertiary/aromatic N) is 2. The van der Waals surface area contributed by atoms with Gasteiger partial charge in [-0.3, -0.25) is 9.59 Å². The molecule has 1 aromatic carbocycles. The van der Waals surface area contributed by atoms with Gasteiger partial charge in [-0.1, -0.05) is 17.7 Å². The van der Waals surface area contributed by atoms with Crippen LogP contribution in [-0.2, 0) is 14.3 Å². The largest absolute Gasteiger partial charge is 0.451 e. The Morgan fingerprint density at radius 2 is 1.82 bits per heavy atom. The van der Waals surface area contributed by atoms with Crippen molar-refractivity contribution < 1.29 is 19.1 Å². The molecular weight excluding hydrogens is 360 g/mol. The van der Waals surface area contributed by atoms with E-state index in [0.717, 1.165) is 5.56 Å². The third-order valence-corrected chi connectivity index (χ3v) is 4.05. The average molecular weight is 386 g/mol. The van der Waals surface area contributed by atoms with Crippen molar-refractivity contribution in [2.24, 2.45) is 0 Å². The molecule has 0 bridgehead atoms. The van der Waals surface area contributed by atoms with Crippen LogP contribution < -0.4 is 10.6 Å². The van der Waals surface area contributed by atoms with Gasteiger partial charge < -0.3 is 15.4 Å². The van der Waals surface area contributed by atoms with Crippen molar-refractivity contribution >= 4 is 23.6 Å². The van der Waals surface area contributed by atoms with Gasteiger partial charge in [-0.2, -0.15) is 5.10 Å². The van der Waals surface area contributed by atoms with E-state index in [1.165, 1.54) is 13.8 Å². The maximum Gasteiger partial charge on any atom is 0.329 e. The molecule has 0 aliphatic heterocycles. The molecule has 2 aromatic rings.